The summed E-state index contributed by atoms with van der Waals surface area (Å²) in [6.45, 7) is 1.39. The lowest BCUT2D eigenvalue weighted by Gasteiger charge is -1.98. The molecule has 1 N–H and O–H groups in total. The fourth-order valence-corrected chi connectivity index (χ4v) is 1.52. The monoisotopic (exact) mass is 274 g/mol. The van der Waals surface area contributed by atoms with Crippen LogP contribution in [-0.2, 0) is 4.79 Å². The van der Waals surface area contributed by atoms with Crippen molar-refractivity contribution in [3.05, 3.63) is 33.3 Å². The number of hydrazone groups is 1. The van der Waals surface area contributed by atoms with Gasteiger partial charge in [0, 0.05) is 17.0 Å². The fourth-order valence-electron chi connectivity index (χ4n) is 0.799. The molecule has 0 fully saturated rings. The van der Waals surface area contributed by atoms with Gasteiger partial charge in [0.15, 0.2) is 0 Å². The smallest absolute Gasteiger partial charge is 0.236 e. The first kappa shape index (κ1) is 11.2. The lowest BCUT2D eigenvalue weighted by atomic mass is 10.2. The minimum absolute atomic E-state index is 0.213. The molecule has 1 rings (SSSR count). The van der Waals surface area contributed by atoms with Crippen molar-refractivity contribution in [3.8, 4) is 0 Å². The van der Waals surface area contributed by atoms with Crippen LogP contribution in [0.15, 0.2) is 27.8 Å². The van der Waals surface area contributed by atoms with E-state index in [9.17, 15) is 4.79 Å². The van der Waals surface area contributed by atoms with E-state index in [1.807, 2.05) is 6.07 Å². The van der Waals surface area contributed by atoms with E-state index in [-0.39, 0.29) is 5.91 Å². The first-order chi connectivity index (χ1) is 6.59. The maximum atomic E-state index is 10.5. The van der Waals surface area contributed by atoms with Gasteiger partial charge in [-0.05, 0) is 12.1 Å². The predicted octanol–water partition coefficient (Wildman–Crippen LogP) is 2.57. The minimum atomic E-state index is -0.213. The quantitative estimate of drug-likeness (QED) is 0.654. The third-order valence-electron chi connectivity index (χ3n) is 1.39. The topological polar surface area (TPSA) is 41.5 Å². The molecule has 0 aliphatic carbocycles. The summed E-state index contributed by atoms with van der Waals surface area (Å²) < 4.78 is 0.902. The molecule has 3 nitrogen and oxygen atoms in total. The number of carbonyl (C=O) groups is 1. The van der Waals surface area contributed by atoms with E-state index in [0.29, 0.717) is 5.02 Å². The number of nitrogens with zero attached hydrogens (tertiary/aromatic N) is 1. The van der Waals surface area contributed by atoms with Crippen molar-refractivity contribution in [2.45, 2.75) is 6.92 Å². The average molecular weight is 276 g/mol. The molecule has 5 heteroatoms. The number of nitrogens with one attached hydrogen (secondary N) is 1. The highest BCUT2D eigenvalue weighted by molar-refractivity contribution is 9.10. The molecule has 74 valence electrons. The Balaban J connectivity index is 2.76. The maximum Gasteiger partial charge on any atom is 0.236 e. The number of carbonyl (C=O) groups excluding carboxylic acids is 1. The van der Waals surface area contributed by atoms with Crippen LogP contribution in [0.5, 0.6) is 0 Å². The molecule has 0 heterocycles. The van der Waals surface area contributed by atoms with Crippen molar-refractivity contribution in [2.24, 2.45) is 5.10 Å². The SMILES string of the molecule is CC(=O)N/N=C\c1ccc(Br)cc1Cl. The maximum absolute atomic E-state index is 10.5. The van der Waals surface area contributed by atoms with Gasteiger partial charge in [-0.2, -0.15) is 5.10 Å². The van der Waals surface area contributed by atoms with Gasteiger partial charge in [-0.25, -0.2) is 5.43 Å². The van der Waals surface area contributed by atoms with E-state index >= 15 is 0 Å². The Morgan fingerprint density at radius 2 is 2.36 bits per heavy atom. The van der Waals surface area contributed by atoms with Gasteiger partial charge in [0.2, 0.25) is 5.91 Å². The van der Waals surface area contributed by atoms with Crippen LogP contribution in [0.25, 0.3) is 0 Å². The zero-order chi connectivity index (χ0) is 10.6. The van der Waals surface area contributed by atoms with E-state index < -0.39 is 0 Å². The zero-order valence-corrected chi connectivity index (χ0v) is 9.76. The molecule has 0 aromatic heterocycles. The summed E-state index contributed by atoms with van der Waals surface area (Å²) in [6.07, 6.45) is 1.50. The Kier molecular flexibility index (Phi) is 4.10. The first-order valence-electron chi connectivity index (χ1n) is 3.84. The van der Waals surface area contributed by atoms with Crippen molar-refractivity contribution >= 4 is 39.7 Å². The Bertz CT molecular complexity index is 379. The van der Waals surface area contributed by atoms with Gasteiger partial charge in [0.25, 0.3) is 0 Å². The molecule has 0 bridgehead atoms. The molecule has 1 amide bonds. The van der Waals surface area contributed by atoms with Crippen LogP contribution in [0, 0.1) is 0 Å². The van der Waals surface area contributed by atoms with E-state index in [1.165, 1.54) is 13.1 Å². The van der Waals surface area contributed by atoms with Gasteiger partial charge < -0.3 is 0 Å². The molecule has 0 aliphatic rings. The predicted molar refractivity (Wildman–Crippen MR) is 60.6 cm³/mol. The summed E-state index contributed by atoms with van der Waals surface area (Å²) in [6, 6.07) is 5.41. The number of halogens is 2. The highest BCUT2D eigenvalue weighted by Crippen LogP contribution is 2.19. The summed E-state index contributed by atoms with van der Waals surface area (Å²) in [5.74, 6) is -0.213. The fraction of sp³-hybridized carbons (Fsp3) is 0.111. The van der Waals surface area contributed by atoms with Crippen molar-refractivity contribution in [1.82, 2.24) is 5.43 Å². The highest BCUT2D eigenvalue weighted by Gasteiger charge is 1.97. The van der Waals surface area contributed by atoms with Crippen LogP contribution < -0.4 is 5.43 Å². The zero-order valence-electron chi connectivity index (χ0n) is 7.42. The standard InChI is InChI=1S/C9H8BrClN2O/c1-6(14)13-12-5-7-2-3-8(10)4-9(7)11/h2-5H,1H3,(H,13,14)/b12-5-. The van der Waals surface area contributed by atoms with Crippen molar-refractivity contribution < 1.29 is 4.79 Å². The molecule has 0 radical (unpaired) electrons. The Labute approximate surface area is 95.3 Å². The molecule has 0 saturated heterocycles. The summed E-state index contributed by atoms with van der Waals surface area (Å²) >= 11 is 9.20. The average Bonchev–Trinajstić information content (AvgIpc) is 2.08. The minimum Gasteiger partial charge on any atom is -0.274 e. The number of rotatable bonds is 2. The van der Waals surface area contributed by atoms with Gasteiger partial charge in [0.1, 0.15) is 0 Å². The van der Waals surface area contributed by atoms with Crippen LogP contribution in [-0.4, -0.2) is 12.1 Å². The molecular weight excluding hydrogens is 267 g/mol. The molecule has 0 atom stereocenters. The summed E-state index contributed by atoms with van der Waals surface area (Å²) in [4.78, 5) is 10.5. The summed E-state index contributed by atoms with van der Waals surface area (Å²) in [5.41, 5.74) is 3.05. The lowest BCUT2D eigenvalue weighted by molar-refractivity contribution is -0.118. The highest BCUT2D eigenvalue weighted by atomic mass is 79.9. The van der Waals surface area contributed by atoms with Gasteiger partial charge >= 0.3 is 0 Å². The van der Waals surface area contributed by atoms with Crippen molar-refractivity contribution in [1.29, 1.82) is 0 Å². The molecule has 0 aliphatic heterocycles. The molecule has 1 aromatic rings. The van der Waals surface area contributed by atoms with Crippen LogP contribution >= 0.6 is 27.5 Å². The lowest BCUT2D eigenvalue weighted by Crippen LogP contribution is -2.12. The first-order valence-corrected chi connectivity index (χ1v) is 5.01. The van der Waals surface area contributed by atoms with Gasteiger partial charge in [-0.3, -0.25) is 4.79 Å². The summed E-state index contributed by atoms with van der Waals surface area (Å²) in [5, 5.41) is 4.28. The molecular formula is C9H8BrClN2O. The Hall–Kier alpha value is -0.870. The molecule has 14 heavy (non-hydrogen) atoms. The van der Waals surface area contributed by atoms with E-state index in [0.717, 1.165) is 10.0 Å². The van der Waals surface area contributed by atoms with Crippen molar-refractivity contribution in [3.63, 3.8) is 0 Å². The van der Waals surface area contributed by atoms with Crippen LogP contribution in [0.2, 0.25) is 5.02 Å². The molecule has 1 aromatic carbocycles. The number of benzene rings is 1. The normalized spacial score (nSPS) is 10.5. The van der Waals surface area contributed by atoms with Crippen LogP contribution in [0.3, 0.4) is 0 Å². The van der Waals surface area contributed by atoms with Gasteiger partial charge in [-0.1, -0.05) is 33.6 Å². The van der Waals surface area contributed by atoms with E-state index in [4.69, 9.17) is 11.6 Å². The Morgan fingerprint density at radius 3 is 2.93 bits per heavy atom. The Morgan fingerprint density at radius 1 is 1.64 bits per heavy atom. The van der Waals surface area contributed by atoms with Gasteiger partial charge in [0.05, 0.1) is 11.2 Å². The van der Waals surface area contributed by atoms with E-state index in [2.05, 4.69) is 26.5 Å². The second-order valence-electron chi connectivity index (χ2n) is 2.59. The number of amides is 1. The second-order valence-corrected chi connectivity index (χ2v) is 3.91. The number of hydrogen-bond donors (Lipinski definition) is 1. The number of hydrogen-bond acceptors (Lipinski definition) is 2. The second kappa shape index (κ2) is 5.12. The van der Waals surface area contributed by atoms with Gasteiger partial charge in [-0.15, -0.1) is 0 Å². The molecule has 0 spiro atoms. The largest absolute Gasteiger partial charge is 0.274 e. The van der Waals surface area contributed by atoms with Crippen molar-refractivity contribution in [2.75, 3.05) is 0 Å². The molecule has 0 saturated carbocycles. The van der Waals surface area contributed by atoms with Crippen LogP contribution in [0.4, 0.5) is 0 Å². The van der Waals surface area contributed by atoms with E-state index in [1.54, 1.807) is 12.1 Å². The van der Waals surface area contributed by atoms with Crippen LogP contribution in [0.1, 0.15) is 12.5 Å². The third-order valence-corrected chi connectivity index (χ3v) is 2.21. The molecule has 0 unspecified atom stereocenters. The summed E-state index contributed by atoms with van der Waals surface area (Å²) in [7, 11) is 0. The third kappa shape index (κ3) is 3.47.